The maximum Gasteiger partial charge on any atom is 0.0510 e. The molecule has 0 saturated carbocycles. The van der Waals surface area contributed by atoms with E-state index in [9.17, 15) is 0 Å². The number of thioether (sulfide) groups is 1. The predicted molar refractivity (Wildman–Crippen MR) is 96.1 cm³/mol. The maximum atomic E-state index is 4.97. The van der Waals surface area contributed by atoms with Crippen molar-refractivity contribution in [1.82, 2.24) is 4.98 Å². The Hall–Kier alpha value is -0.760. The van der Waals surface area contributed by atoms with Gasteiger partial charge in [-0.3, -0.25) is 4.98 Å². The van der Waals surface area contributed by atoms with Gasteiger partial charge in [-0.1, -0.05) is 41.5 Å². The summed E-state index contributed by atoms with van der Waals surface area (Å²) in [5.41, 5.74) is 8.35. The van der Waals surface area contributed by atoms with Crippen LogP contribution in [0.3, 0.4) is 0 Å². The second-order valence-electron chi connectivity index (χ2n) is 7.01. The zero-order valence-corrected chi connectivity index (χ0v) is 15.6. The highest BCUT2D eigenvalue weighted by Crippen LogP contribution is 2.45. The van der Waals surface area contributed by atoms with Gasteiger partial charge in [-0.25, -0.2) is 0 Å². The van der Waals surface area contributed by atoms with Gasteiger partial charge in [-0.2, -0.15) is 0 Å². The van der Waals surface area contributed by atoms with Crippen molar-refractivity contribution in [1.29, 1.82) is 0 Å². The van der Waals surface area contributed by atoms with Crippen LogP contribution in [0.2, 0.25) is 0 Å². The summed E-state index contributed by atoms with van der Waals surface area (Å²) in [4.78, 5) is 4.97. The summed E-state index contributed by atoms with van der Waals surface area (Å²) in [6, 6.07) is 0. The van der Waals surface area contributed by atoms with Gasteiger partial charge >= 0.3 is 0 Å². The third-order valence-electron chi connectivity index (χ3n) is 4.79. The summed E-state index contributed by atoms with van der Waals surface area (Å²) in [5.74, 6) is 1.57. The highest BCUT2D eigenvalue weighted by molar-refractivity contribution is 8.02. The molecule has 0 amide bonds. The van der Waals surface area contributed by atoms with Gasteiger partial charge in [0.15, 0.2) is 0 Å². The van der Waals surface area contributed by atoms with Crippen molar-refractivity contribution in [2.75, 3.05) is 0 Å². The van der Waals surface area contributed by atoms with Crippen LogP contribution in [0.25, 0.3) is 5.57 Å². The molecule has 0 unspecified atom stereocenters. The van der Waals surface area contributed by atoms with E-state index in [0.717, 1.165) is 0 Å². The van der Waals surface area contributed by atoms with Crippen LogP contribution in [0.1, 0.15) is 81.5 Å². The zero-order chi connectivity index (χ0) is 15.9. The fourth-order valence-electron chi connectivity index (χ4n) is 3.15. The molecule has 0 aromatic carbocycles. The number of allylic oxidation sites excluding steroid dienone is 1. The number of aromatic nitrogens is 1. The van der Waals surface area contributed by atoms with E-state index in [-0.39, 0.29) is 0 Å². The van der Waals surface area contributed by atoms with E-state index >= 15 is 0 Å². The minimum Gasteiger partial charge on any atom is -0.257 e. The van der Waals surface area contributed by atoms with E-state index in [4.69, 9.17) is 4.98 Å². The molecular weight excluding hydrogens is 274 g/mol. The van der Waals surface area contributed by atoms with Crippen LogP contribution < -0.4 is 0 Å². The van der Waals surface area contributed by atoms with Crippen molar-refractivity contribution in [3.8, 4) is 0 Å². The summed E-state index contributed by atoms with van der Waals surface area (Å²) >= 11 is 1.99. The normalized spacial score (nSPS) is 22.3. The van der Waals surface area contributed by atoms with Gasteiger partial charge in [0.1, 0.15) is 0 Å². The molecule has 1 aromatic rings. The first kappa shape index (κ1) is 16.6. The molecule has 1 aliphatic rings. The molecule has 0 radical (unpaired) electrons. The molecule has 2 atom stereocenters. The number of fused-ring (bicyclic) bond motifs is 1. The Balaban J connectivity index is 2.86. The molecule has 2 heteroatoms. The number of aryl methyl sites for hydroxylation is 1. The standard InChI is InChI=1S/C19H29NS/c1-10(2)16-9-21-15(8)13(6)17-12(5)14(7)20-19(11(3)4)18(16)17/h9-11,13,15H,1-8H3/t13-,15+/m1/s1. The molecule has 116 valence electrons. The highest BCUT2D eigenvalue weighted by atomic mass is 32.2. The Bertz CT molecular complexity index is 569. The molecule has 0 saturated heterocycles. The highest BCUT2D eigenvalue weighted by Gasteiger charge is 2.29. The summed E-state index contributed by atoms with van der Waals surface area (Å²) in [5, 5.41) is 3.01. The van der Waals surface area contributed by atoms with Crippen molar-refractivity contribution in [3.63, 3.8) is 0 Å². The van der Waals surface area contributed by atoms with E-state index in [0.29, 0.717) is 23.0 Å². The van der Waals surface area contributed by atoms with Crippen LogP contribution in [-0.4, -0.2) is 10.2 Å². The quantitative estimate of drug-likeness (QED) is 0.659. The Morgan fingerprint density at radius 1 is 1.05 bits per heavy atom. The largest absolute Gasteiger partial charge is 0.257 e. The second-order valence-corrected chi connectivity index (χ2v) is 8.26. The lowest BCUT2D eigenvalue weighted by Gasteiger charge is -2.26. The van der Waals surface area contributed by atoms with Gasteiger partial charge < -0.3 is 0 Å². The van der Waals surface area contributed by atoms with Crippen LogP contribution in [-0.2, 0) is 0 Å². The van der Waals surface area contributed by atoms with Gasteiger partial charge in [0.25, 0.3) is 0 Å². The molecule has 2 heterocycles. The van der Waals surface area contributed by atoms with Crippen molar-refractivity contribution in [2.24, 2.45) is 5.92 Å². The lowest BCUT2D eigenvalue weighted by atomic mass is 9.81. The number of nitrogens with zero attached hydrogens (tertiary/aromatic N) is 1. The number of rotatable bonds is 2. The topological polar surface area (TPSA) is 12.9 Å². The number of pyridine rings is 1. The molecule has 1 nitrogen and oxygen atoms in total. The van der Waals surface area contributed by atoms with Crippen molar-refractivity contribution >= 4 is 17.3 Å². The number of hydrogen-bond acceptors (Lipinski definition) is 2. The monoisotopic (exact) mass is 303 g/mol. The van der Waals surface area contributed by atoms with Crippen molar-refractivity contribution in [3.05, 3.63) is 33.5 Å². The minimum atomic E-state index is 0.464. The van der Waals surface area contributed by atoms with Crippen LogP contribution in [0.15, 0.2) is 5.41 Å². The third kappa shape index (κ3) is 2.92. The summed E-state index contributed by atoms with van der Waals surface area (Å²) < 4.78 is 0. The van der Waals surface area contributed by atoms with Crippen molar-refractivity contribution in [2.45, 2.75) is 72.5 Å². The molecule has 21 heavy (non-hydrogen) atoms. The van der Waals surface area contributed by atoms with E-state index in [2.05, 4.69) is 60.8 Å². The Morgan fingerprint density at radius 3 is 2.19 bits per heavy atom. The number of hydrogen-bond donors (Lipinski definition) is 0. The van der Waals surface area contributed by atoms with Gasteiger partial charge in [-0.15, -0.1) is 11.8 Å². The van der Waals surface area contributed by atoms with Gasteiger partial charge in [0.2, 0.25) is 0 Å². The molecule has 0 fully saturated rings. The maximum absolute atomic E-state index is 4.97. The summed E-state index contributed by atoms with van der Waals surface area (Å²) in [6.07, 6.45) is 0. The smallest absolute Gasteiger partial charge is 0.0510 e. The van der Waals surface area contributed by atoms with Crippen LogP contribution in [0.5, 0.6) is 0 Å². The van der Waals surface area contributed by atoms with Gasteiger partial charge in [-0.05, 0) is 53.7 Å². The molecule has 0 spiro atoms. The molecule has 2 rings (SSSR count). The Kier molecular flexibility index (Phi) is 4.87. The molecule has 1 aliphatic heterocycles. The zero-order valence-electron chi connectivity index (χ0n) is 14.7. The first-order valence-corrected chi connectivity index (χ1v) is 9.06. The molecule has 0 bridgehead atoms. The molecule has 0 aliphatic carbocycles. The van der Waals surface area contributed by atoms with E-state index < -0.39 is 0 Å². The second kappa shape index (κ2) is 6.16. The van der Waals surface area contributed by atoms with E-state index in [1.165, 1.54) is 28.1 Å². The van der Waals surface area contributed by atoms with Crippen LogP contribution >= 0.6 is 11.8 Å². The Labute approximate surface area is 134 Å². The third-order valence-corrected chi connectivity index (χ3v) is 6.01. The van der Waals surface area contributed by atoms with Crippen LogP contribution in [0, 0.1) is 19.8 Å². The minimum absolute atomic E-state index is 0.464. The molecule has 1 aromatic heterocycles. The molecule has 0 N–H and O–H groups in total. The summed E-state index contributed by atoms with van der Waals surface area (Å²) in [6.45, 7) is 18.3. The molecular formula is C19H29NS. The predicted octanol–water partition coefficient (Wildman–Crippen LogP) is 6.06. The lowest BCUT2D eigenvalue weighted by molar-refractivity contribution is 0.720. The van der Waals surface area contributed by atoms with E-state index in [1.54, 1.807) is 5.56 Å². The SMILES string of the molecule is Cc1nc(C(C)C)c2c(c1C)[C@H](C)[C@H](C)SC=C2C(C)C. The van der Waals surface area contributed by atoms with Gasteiger partial charge in [0, 0.05) is 16.5 Å². The van der Waals surface area contributed by atoms with Crippen molar-refractivity contribution < 1.29 is 0 Å². The summed E-state index contributed by atoms with van der Waals surface area (Å²) in [7, 11) is 0. The van der Waals surface area contributed by atoms with E-state index in [1.807, 2.05) is 11.8 Å². The average Bonchev–Trinajstić information content (AvgIpc) is 2.52. The van der Waals surface area contributed by atoms with Crippen LogP contribution in [0.4, 0.5) is 0 Å². The fraction of sp³-hybridized carbons (Fsp3) is 0.632. The first-order valence-electron chi connectivity index (χ1n) is 8.12. The first-order chi connectivity index (χ1) is 9.75. The fourth-order valence-corrected chi connectivity index (χ4v) is 4.27. The van der Waals surface area contributed by atoms with Gasteiger partial charge in [0.05, 0.1) is 5.69 Å². The lowest BCUT2D eigenvalue weighted by Crippen LogP contribution is -2.15. The Morgan fingerprint density at radius 2 is 1.67 bits per heavy atom. The average molecular weight is 304 g/mol.